The van der Waals surface area contributed by atoms with E-state index in [4.69, 9.17) is 4.74 Å². The van der Waals surface area contributed by atoms with Crippen molar-refractivity contribution in [1.29, 1.82) is 0 Å². The lowest BCUT2D eigenvalue weighted by Gasteiger charge is -2.17. The van der Waals surface area contributed by atoms with Gasteiger partial charge in [-0.1, -0.05) is 48.5 Å². The molecule has 0 saturated carbocycles. The number of carbonyl (C=O) groups excluding carboxylic acids is 2. The number of fused-ring (bicyclic) bond motifs is 3. The van der Waals surface area contributed by atoms with E-state index in [9.17, 15) is 19.5 Å². The highest BCUT2D eigenvalue weighted by atomic mass is 32.2. The van der Waals surface area contributed by atoms with Gasteiger partial charge in [0.25, 0.3) is 0 Å². The Morgan fingerprint density at radius 1 is 1.00 bits per heavy atom. The normalized spacial score (nSPS) is 13.9. The largest absolute Gasteiger partial charge is 0.480 e. The predicted molar refractivity (Wildman–Crippen MR) is 134 cm³/mol. The van der Waals surface area contributed by atoms with Gasteiger partial charge in [0, 0.05) is 18.4 Å². The van der Waals surface area contributed by atoms with E-state index in [1.165, 1.54) is 11.1 Å². The third-order valence-electron chi connectivity index (χ3n) is 5.99. The van der Waals surface area contributed by atoms with Crippen LogP contribution in [-0.2, 0) is 14.3 Å². The highest BCUT2D eigenvalue weighted by Gasteiger charge is 2.29. The number of carboxylic acids is 1. The van der Waals surface area contributed by atoms with E-state index < -0.39 is 18.1 Å². The number of alkyl carbamates (subject to hydrolysis) is 1. The van der Waals surface area contributed by atoms with Crippen LogP contribution < -0.4 is 10.6 Å². The highest BCUT2D eigenvalue weighted by molar-refractivity contribution is 7.98. The molecule has 2 aromatic rings. The fraction of sp³-hybridized carbons (Fsp3) is 0.423. The third kappa shape index (κ3) is 6.76. The van der Waals surface area contributed by atoms with Crippen LogP contribution in [0.3, 0.4) is 0 Å². The van der Waals surface area contributed by atoms with Gasteiger partial charge in [0.2, 0.25) is 5.91 Å². The molecule has 0 radical (unpaired) electrons. The smallest absolute Gasteiger partial charge is 0.407 e. The molecule has 1 aliphatic carbocycles. The Balaban J connectivity index is 1.41. The first-order valence-electron chi connectivity index (χ1n) is 11.5. The molecule has 0 aromatic heterocycles. The molecule has 3 N–H and O–H groups in total. The van der Waals surface area contributed by atoms with Gasteiger partial charge in [0.1, 0.15) is 12.6 Å². The van der Waals surface area contributed by atoms with Crippen molar-refractivity contribution < 1.29 is 24.2 Å². The summed E-state index contributed by atoms with van der Waals surface area (Å²) in [7, 11) is 0. The Bertz CT molecular complexity index is 967. The van der Waals surface area contributed by atoms with Gasteiger partial charge in [0.15, 0.2) is 0 Å². The highest BCUT2D eigenvalue weighted by Crippen LogP contribution is 2.44. The van der Waals surface area contributed by atoms with Crippen molar-refractivity contribution in [2.45, 2.75) is 50.6 Å². The molecular formula is C26H32N2O5S. The van der Waals surface area contributed by atoms with Gasteiger partial charge in [-0.25, -0.2) is 9.59 Å². The number of carboxylic acid groups (broad SMARTS) is 1. The second kappa shape index (κ2) is 12.5. The number of amides is 2. The SMILES string of the molecule is CSCCC(NC(=O)CCCC(C)NC(=O)OCC1c2ccccc2-c2ccccc21)C(=O)O. The first-order chi connectivity index (χ1) is 16.4. The Morgan fingerprint density at radius 3 is 2.21 bits per heavy atom. The van der Waals surface area contributed by atoms with Crippen molar-refractivity contribution in [2.24, 2.45) is 0 Å². The van der Waals surface area contributed by atoms with Gasteiger partial charge in [-0.3, -0.25) is 4.79 Å². The first kappa shape index (κ1) is 25.6. The molecule has 0 fully saturated rings. The quantitative estimate of drug-likeness (QED) is 0.412. The van der Waals surface area contributed by atoms with Crippen LogP contribution in [-0.4, -0.2) is 53.8 Å². The van der Waals surface area contributed by atoms with Crippen molar-refractivity contribution in [3.05, 3.63) is 59.7 Å². The second-order valence-electron chi connectivity index (χ2n) is 8.50. The summed E-state index contributed by atoms with van der Waals surface area (Å²) >= 11 is 1.54. The van der Waals surface area contributed by atoms with E-state index in [0.29, 0.717) is 25.0 Å². The lowest BCUT2D eigenvalue weighted by Crippen LogP contribution is -2.41. The Hall–Kier alpha value is -3.00. The van der Waals surface area contributed by atoms with E-state index in [0.717, 1.165) is 11.1 Å². The lowest BCUT2D eigenvalue weighted by atomic mass is 9.98. The Kier molecular flexibility index (Phi) is 9.39. The second-order valence-corrected chi connectivity index (χ2v) is 9.49. The number of ether oxygens (including phenoxy) is 1. The molecule has 8 heteroatoms. The number of rotatable bonds is 12. The number of carbonyl (C=O) groups is 3. The number of hydrogen-bond acceptors (Lipinski definition) is 5. The molecule has 2 unspecified atom stereocenters. The van der Waals surface area contributed by atoms with Crippen LogP contribution in [0.4, 0.5) is 4.79 Å². The molecule has 2 atom stereocenters. The number of thioether (sulfide) groups is 1. The van der Waals surface area contributed by atoms with E-state index in [2.05, 4.69) is 34.9 Å². The van der Waals surface area contributed by atoms with Crippen molar-refractivity contribution in [1.82, 2.24) is 10.6 Å². The predicted octanol–water partition coefficient (Wildman–Crippen LogP) is 4.41. The Labute approximate surface area is 204 Å². The first-order valence-corrected chi connectivity index (χ1v) is 12.9. The standard InChI is InChI=1S/C26H32N2O5S/c1-17(8-7-13-24(29)28-23(25(30)31)14-15-34-2)27-26(32)33-16-22-20-11-5-3-9-18(20)19-10-4-6-12-21(19)22/h3-6,9-12,17,22-23H,7-8,13-16H2,1-2H3,(H,27,32)(H,28,29)(H,30,31). The van der Waals surface area contributed by atoms with Crippen LogP contribution in [0.1, 0.15) is 49.7 Å². The molecule has 3 rings (SSSR count). The van der Waals surface area contributed by atoms with E-state index in [1.807, 2.05) is 37.4 Å². The maximum atomic E-state index is 12.4. The summed E-state index contributed by atoms with van der Waals surface area (Å²) in [5.74, 6) is -0.641. The maximum Gasteiger partial charge on any atom is 0.407 e. The average molecular weight is 485 g/mol. The minimum Gasteiger partial charge on any atom is -0.480 e. The molecule has 34 heavy (non-hydrogen) atoms. The van der Waals surface area contributed by atoms with Crippen molar-refractivity contribution in [3.63, 3.8) is 0 Å². The molecule has 1 aliphatic rings. The van der Waals surface area contributed by atoms with Crippen LogP contribution >= 0.6 is 11.8 Å². The number of benzene rings is 2. The minimum atomic E-state index is -1.02. The van der Waals surface area contributed by atoms with Gasteiger partial charge in [0.05, 0.1) is 0 Å². The summed E-state index contributed by atoms with van der Waals surface area (Å²) in [6, 6.07) is 15.3. The van der Waals surface area contributed by atoms with Gasteiger partial charge in [-0.05, 0) is 60.4 Å². The molecule has 7 nitrogen and oxygen atoms in total. The van der Waals surface area contributed by atoms with Gasteiger partial charge >= 0.3 is 12.1 Å². The molecule has 0 heterocycles. The average Bonchev–Trinajstić information content (AvgIpc) is 3.14. The summed E-state index contributed by atoms with van der Waals surface area (Å²) in [5.41, 5.74) is 4.68. The van der Waals surface area contributed by atoms with Crippen molar-refractivity contribution in [2.75, 3.05) is 18.6 Å². The summed E-state index contributed by atoms with van der Waals surface area (Å²) in [5, 5.41) is 14.6. The Morgan fingerprint density at radius 2 is 1.62 bits per heavy atom. The topological polar surface area (TPSA) is 105 Å². The zero-order valence-corrected chi connectivity index (χ0v) is 20.4. The monoisotopic (exact) mass is 484 g/mol. The summed E-state index contributed by atoms with van der Waals surface area (Å²) in [4.78, 5) is 35.7. The fourth-order valence-corrected chi connectivity index (χ4v) is 4.71. The van der Waals surface area contributed by atoms with Crippen LogP contribution in [0, 0.1) is 0 Å². The van der Waals surface area contributed by atoms with E-state index >= 15 is 0 Å². The van der Waals surface area contributed by atoms with Crippen LogP contribution in [0.25, 0.3) is 11.1 Å². The van der Waals surface area contributed by atoms with Gasteiger partial charge in [-0.15, -0.1) is 0 Å². The summed E-state index contributed by atoms with van der Waals surface area (Å²) in [6.07, 6.45) is 3.13. The van der Waals surface area contributed by atoms with Gasteiger partial charge < -0.3 is 20.5 Å². The molecule has 2 amide bonds. The molecule has 0 bridgehead atoms. The fourth-order valence-electron chi connectivity index (χ4n) is 4.24. The number of nitrogens with one attached hydrogen (secondary N) is 2. The zero-order valence-electron chi connectivity index (χ0n) is 19.6. The van der Waals surface area contributed by atoms with Crippen LogP contribution in [0.5, 0.6) is 0 Å². The molecule has 182 valence electrons. The van der Waals surface area contributed by atoms with E-state index in [1.54, 1.807) is 11.8 Å². The summed E-state index contributed by atoms with van der Waals surface area (Å²) in [6.45, 7) is 2.11. The zero-order chi connectivity index (χ0) is 24.5. The van der Waals surface area contributed by atoms with Crippen molar-refractivity contribution in [3.8, 4) is 11.1 Å². The van der Waals surface area contributed by atoms with Crippen LogP contribution in [0.15, 0.2) is 48.5 Å². The lowest BCUT2D eigenvalue weighted by molar-refractivity contribution is -0.141. The molecule has 0 spiro atoms. The number of hydrogen-bond donors (Lipinski definition) is 3. The van der Waals surface area contributed by atoms with Gasteiger partial charge in [-0.2, -0.15) is 11.8 Å². The minimum absolute atomic E-state index is 0.00504. The van der Waals surface area contributed by atoms with Crippen molar-refractivity contribution >= 4 is 29.7 Å². The van der Waals surface area contributed by atoms with E-state index in [-0.39, 0.29) is 30.9 Å². The number of aliphatic carboxylic acids is 1. The molecule has 0 aliphatic heterocycles. The molecule has 0 saturated heterocycles. The summed E-state index contributed by atoms with van der Waals surface area (Å²) < 4.78 is 5.56. The van der Waals surface area contributed by atoms with Crippen LogP contribution in [0.2, 0.25) is 0 Å². The maximum absolute atomic E-state index is 12.4. The third-order valence-corrected chi connectivity index (χ3v) is 6.64. The molecular weight excluding hydrogens is 452 g/mol. The molecule has 2 aromatic carbocycles.